The van der Waals surface area contributed by atoms with Gasteiger partial charge in [-0.1, -0.05) is 6.92 Å². The highest BCUT2D eigenvalue weighted by Crippen LogP contribution is 2.39. The van der Waals surface area contributed by atoms with E-state index >= 15 is 0 Å². The number of aryl methyl sites for hydroxylation is 1. The van der Waals surface area contributed by atoms with Gasteiger partial charge in [0.05, 0.1) is 44.8 Å². The monoisotopic (exact) mass is 319 g/mol. The zero-order valence-electron chi connectivity index (χ0n) is 13.7. The van der Waals surface area contributed by atoms with Crippen molar-refractivity contribution in [2.75, 3.05) is 21.3 Å². The number of aromatic amines is 1. The first-order valence-electron chi connectivity index (χ1n) is 7.24. The molecule has 1 aromatic carbocycles. The van der Waals surface area contributed by atoms with Gasteiger partial charge in [-0.2, -0.15) is 5.10 Å². The van der Waals surface area contributed by atoms with Crippen LogP contribution >= 0.6 is 0 Å². The quantitative estimate of drug-likeness (QED) is 0.814. The molecule has 7 nitrogen and oxygen atoms in total. The van der Waals surface area contributed by atoms with Crippen LogP contribution < -0.4 is 19.5 Å². The van der Waals surface area contributed by atoms with Gasteiger partial charge in [0.15, 0.2) is 11.5 Å². The number of carbonyl (C=O) groups is 1. The molecule has 0 atom stereocenters. The number of nitrogens with zero attached hydrogens (tertiary/aromatic N) is 1. The zero-order chi connectivity index (χ0) is 16.8. The SMILES string of the molecule is CCc1cc(CNC(=O)c2ccc(OC)c(OC)c2OC)[nH]n1. The Kier molecular flexibility index (Phi) is 5.46. The number of rotatable bonds is 7. The Hall–Kier alpha value is -2.70. The lowest BCUT2D eigenvalue weighted by molar-refractivity contribution is 0.0946. The van der Waals surface area contributed by atoms with Gasteiger partial charge in [0.25, 0.3) is 5.91 Å². The van der Waals surface area contributed by atoms with Gasteiger partial charge < -0.3 is 19.5 Å². The molecule has 2 N–H and O–H groups in total. The molecule has 0 bridgehead atoms. The van der Waals surface area contributed by atoms with Crippen LogP contribution in [0.2, 0.25) is 0 Å². The summed E-state index contributed by atoms with van der Waals surface area (Å²) in [5.41, 5.74) is 2.17. The van der Waals surface area contributed by atoms with E-state index < -0.39 is 0 Å². The number of carbonyl (C=O) groups excluding carboxylic acids is 1. The van der Waals surface area contributed by atoms with E-state index in [0.717, 1.165) is 17.8 Å². The van der Waals surface area contributed by atoms with Crippen LogP contribution in [0.4, 0.5) is 0 Å². The minimum Gasteiger partial charge on any atom is -0.493 e. The van der Waals surface area contributed by atoms with Crippen molar-refractivity contribution in [1.29, 1.82) is 0 Å². The Morgan fingerprint density at radius 1 is 1.17 bits per heavy atom. The maximum absolute atomic E-state index is 12.4. The molecule has 2 aromatic rings. The topological polar surface area (TPSA) is 85.5 Å². The first-order chi connectivity index (χ1) is 11.1. The number of aromatic nitrogens is 2. The second-order valence-corrected chi connectivity index (χ2v) is 4.80. The highest BCUT2D eigenvalue weighted by Gasteiger charge is 2.20. The van der Waals surface area contributed by atoms with Crippen LogP contribution in [-0.4, -0.2) is 37.4 Å². The summed E-state index contributed by atoms with van der Waals surface area (Å²) in [7, 11) is 4.51. The lowest BCUT2D eigenvalue weighted by Crippen LogP contribution is -2.23. The summed E-state index contributed by atoms with van der Waals surface area (Å²) in [5, 5.41) is 9.85. The van der Waals surface area contributed by atoms with Crippen LogP contribution in [0.15, 0.2) is 18.2 Å². The van der Waals surface area contributed by atoms with Crippen molar-refractivity contribution in [3.05, 3.63) is 35.2 Å². The number of nitrogens with one attached hydrogen (secondary N) is 2. The van der Waals surface area contributed by atoms with E-state index in [1.165, 1.54) is 21.3 Å². The van der Waals surface area contributed by atoms with Crippen molar-refractivity contribution in [2.24, 2.45) is 0 Å². The molecule has 124 valence electrons. The lowest BCUT2D eigenvalue weighted by atomic mass is 10.1. The van der Waals surface area contributed by atoms with Crippen molar-refractivity contribution in [3.63, 3.8) is 0 Å². The Morgan fingerprint density at radius 2 is 1.91 bits per heavy atom. The van der Waals surface area contributed by atoms with Crippen molar-refractivity contribution in [3.8, 4) is 17.2 Å². The molecule has 1 aromatic heterocycles. The lowest BCUT2D eigenvalue weighted by Gasteiger charge is -2.15. The standard InChI is InChI=1S/C16H21N3O4/c1-5-10-8-11(19-18-10)9-17-16(20)12-6-7-13(21-2)15(23-4)14(12)22-3/h6-8H,5,9H2,1-4H3,(H,17,20)(H,18,19). The zero-order valence-corrected chi connectivity index (χ0v) is 13.7. The third-order valence-corrected chi connectivity index (χ3v) is 3.43. The summed E-state index contributed by atoms with van der Waals surface area (Å²) in [6.45, 7) is 2.37. The van der Waals surface area contributed by atoms with E-state index in [0.29, 0.717) is 29.4 Å². The fraction of sp³-hybridized carbons (Fsp3) is 0.375. The summed E-state index contributed by atoms with van der Waals surface area (Å²) in [6, 6.07) is 5.23. The largest absolute Gasteiger partial charge is 0.493 e. The number of methoxy groups -OCH3 is 3. The number of H-pyrrole nitrogens is 1. The van der Waals surface area contributed by atoms with Crippen molar-refractivity contribution >= 4 is 5.91 Å². The molecule has 7 heteroatoms. The van der Waals surface area contributed by atoms with Crippen molar-refractivity contribution in [1.82, 2.24) is 15.5 Å². The summed E-state index contributed by atoms with van der Waals surface area (Å²) < 4.78 is 15.8. The van der Waals surface area contributed by atoms with Gasteiger partial charge in [0.1, 0.15) is 0 Å². The summed E-state index contributed by atoms with van der Waals surface area (Å²) in [4.78, 5) is 12.4. The molecule has 0 aliphatic rings. The van der Waals surface area contributed by atoms with Crippen LogP contribution in [0.1, 0.15) is 28.7 Å². The van der Waals surface area contributed by atoms with Gasteiger partial charge in [-0.05, 0) is 24.6 Å². The second kappa shape index (κ2) is 7.53. The van der Waals surface area contributed by atoms with E-state index in [1.807, 2.05) is 13.0 Å². The van der Waals surface area contributed by atoms with E-state index in [9.17, 15) is 4.79 Å². The molecular formula is C16H21N3O4. The predicted octanol–water partition coefficient (Wildman–Crippen LogP) is 1.93. The minimum absolute atomic E-state index is 0.268. The number of benzene rings is 1. The second-order valence-electron chi connectivity index (χ2n) is 4.80. The highest BCUT2D eigenvalue weighted by atomic mass is 16.5. The Bertz CT molecular complexity index is 682. The molecule has 0 aliphatic heterocycles. The van der Waals surface area contributed by atoms with Gasteiger partial charge in [0.2, 0.25) is 5.75 Å². The summed E-state index contributed by atoms with van der Waals surface area (Å²) in [5.74, 6) is 0.957. The first-order valence-corrected chi connectivity index (χ1v) is 7.24. The minimum atomic E-state index is -0.268. The van der Waals surface area contributed by atoms with Crippen LogP contribution in [0, 0.1) is 0 Å². The van der Waals surface area contributed by atoms with Crippen LogP contribution in [0.5, 0.6) is 17.2 Å². The fourth-order valence-electron chi connectivity index (χ4n) is 2.23. The summed E-state index contributed by atoms with van der Waals surface area (Å²) >= 11 is 0. The molecule has 0 fully saturated rings. The molecular weight excluding hydrogens is 298 g/mol. The molecule has 23 heavy (non-hydrogen) atoms. The first kappa shape index (κ1) is 16.7. The molecule has 0 aliphatic carbocycles. The fourth-order valence-corrected chi connectivity index (χ4v) is 2.23. The number of hydrogen-bond acceptors (Lipinski definition) is 5. The molecule has 0 spiro atoms. The number of ether oxygens (including phenoxy) is 3. The van der Waals surface area contributed by atoms with Gasteiger partial charge in [-0.15, -0.1) is 0 Å². The van der Waals surface area contributed by atoms with Gasteiger partial charge in [0, 0.05) is 0 Å². The maximum Gasteiger partial charge on any atom is 0.255 e. The highest BCUT2D eigenvalue weighted by molar-refractivity contribution is 5.98. The van der Waals surface area contributed by atoms with Gasteiger partial charge in [-0.3, -0.25) is 9.89 Å². The normalized spacial score (nSPS) is 10.3. The van der Waals surface area contributed by atoms with E-state index in [4.69, 9.17) is 14.2 Å². The van der Waals surface area contributed by atoms with Crippen LogP contribution in [0.25, 0.3) is 0 Å². The molecule has 1 heterocycles. The predicted molar refractivity (Wildman–Crippen MR) is 85.2 cm³/mol. The Balaban J connectivity index is 2.18. The van der Waals surface area contributed by atoms with E-state index in [-0.39, 0.29) is 5.91 Å². The molecule has 0 saturated heterocycles. The number of amides is 1. The van der Waals surface area contributed by atoms with Crippen LogP contribution in [0.3, 0.4) is 0 Å². The third-order valence-electron chi connectivity index (χ3n) is 3.43. The molecule has 0 radical (unpaired) electrons. The molecule has 0 saturated carbocycles. The average Bonchev–Trinajstić information content (AvgIpc) is 3.06. The Morgan fingerprint density at radius 3 is 2.48 bits per heavy atom. The maximum atomic E-state index is 12.4. The number of hydrogen-bond donors (Lipinski definition) is 2. The average molecular weight is 319 g/mol. The van der Waals surface area contributed by atoms with Crippen LogP contribution in [-0.2, 0) is 13.0 Å². The van der Waals surface area contributed by atoms with E-state index in [1.54, 1.807) is 12.1 Å². The van der Waals surface area contributed by atoms with Gasteiger partial charge in [-0.25, -0.2) is 0 Å². The van der Waals surface area contributed by atoms with Crippen molar-refractivity contribution < 1.29 is 19.0 Å². The third kappa shape index (κ3) is 3.56. The summed E-state index contributed by atoms with van der Waals surface area (Å²) in [6.07, 6.45) is 0.841. The molecule has 1 amide bonds. The van der Waals surface area contributed by atoms with Crippen molar-refractivity contribution in [2.45, 2.75) is 19.9 Å². The molecule has 0 unspecified atom stereocenters. The van der Waals surface area contributed by atoms with Gasteiger partial charge >= 0.3 is 0 Å². The molecule has 2 rings (SSSR count). The smallest absolute Gasteiger partial charge is 0.255 e. The van der Waals surface area contributed by atoms with E-state index in [2.05, 4.69) is 15.5 Å². The Labute approximate surface area is 134 Å².